The van der Waals surface area contributed by atoms with E-state index >= 15 is 0 Å². The number of nitrogens with zero attached hydrogens (tertiary/aromatic N) is 1. The number of aromatic carboxylic acids is 1. The van der Waals surface area contributed by atoms with Crippen molar-refractivity contribution in [2.45, 2.75) is 25.2 Å². The minimum absolute atomic E-state index is 0.00208. The Morgan fingerprint density at radius 3 is 2.57 bits per heavy atom. The summed E-state index contributed by atoms with van der Waals surface area (Å²) in [6.07, 6.45) is 2.57. The third-order valence-electron chi connectivity index (χ3n) is 3.39. The van der Waals surface area contributed by atoms with E-state index in [4.69, 9.17) is 5.11 Å². The minimum atomic E-state index is -3.83. The molecule has 5 nitrogen and oxygen atoms in total. The fraction of sp³-hybridized carbons (Fsp3) is 0.357. The molecule has 0 atom stereocenters. The van der Waals surface area contributed by atoms with Gasteiger partial charge in [0.15, 0.2) is 0 Å². The molecule has 0 fully saturated rings. The maximum Gasteiger partial charge on any atom is 0.338 e. The first kappa shape index (κ1) is 15.7. The fourth-order valence-corrected chi connectivity index (χ4v) is 3.88. The van der Waals surface area contributed by atoms with Gasteiger partial charge in [0, 0.05) is 13.1 Å². The molecule has 114 valence electrons. The first-order valence-corrected chi connectivity index (χ1v) is 7.86. The van der Waals surface area contributed by atoms with Crippen molar-refractivity contribution in [3.63, 3.8) is 0 Å². The monoisotopic (exact) mass is 313 g/mol. The van der Waals surface area contributed by atoms with E-state index in [0.29, 0.717) is 13.0 Å². The molecule has 0 bridgehead atoms. The summed E-state index contributed by atoms with van der Waals surface area (Å²) in [6, 6.07) is 2.05. The second kappa shape index (κ2) is 5.57. The van der Waals surface area contributed by atoms with Gasteiger partial charge >= 0.3 is 5.97 Å². The summed E-state index contributed by atoms with van der Waals surface area (Å²) in [6.45, 7) is 3.78. The molecule has 1 N–H and O–H groups in total. The van der Waals surface area contributed by atoms with E-state index in [0.717, 1.165) is 11.6 Å². The number of benzene rings is 1. The van der Waals surface area contributed by atoms with Crippen molar-refractivity contribution in [3.8, 4) is 0 Å². The summed E-state index contributed by atoms with van der Waals surface area (Å²) in [7, 11) is -3.83. The van der Waals surface area contributed by atoms with E-state index < -0.39 is 27.4 Å². The van der Waals surface area contributed by atoms with Crippen LogP contribution in [-0.4, -0.2) is 36.9 Å². The highest BCUT2D eigenvalue weighted by molar-refractivity contribution is 7.89. The molecule has 1 aliphatic heterocycles. The Hall–Kier alpha value is -1.73. The molecular formula is C14H16FNO4S. The number of hydrogen-bond donors (Lipinski definition) is 1. The largest absolute Gasteiger partial charge is 0.478 e. The second-order valence-corrected chi connectivity index (χ2v) is 7.02. The number of carbonyl (C=O) groups is 1. The lowest BCUT2D eigenvalue weighted by molar-refractivity contribution is 0.0691. The molecule has 1 aromatic rings. The maximum absolute atomic E-state index is 13.7. The van der Waals surface area contributed by atoms with Crippen LogP contribution in [0, 0.1) is 12.7 Å². The van der Waals surface area contributed by atoms with Gasteiger partial charge in [-0.2, -0.15) is 4.31 Å². The van der Waals surface area contributed by atoms with Gasteiger partial charge in [-0.15, -0.1) is 0 Å². The van der Waals surface area contributed by atoms with Crippen LogP contribution in [-0.2, 0) is 10.0 Å². The van der Waals surface area contributed by atoms with Gasteiger partial charge in [-0.25, -0.2) is 17.6 Å². The molecule has 1 aliphatic rings. The Morgan fingerprint density at radius 1 is 1.33 bits per heavy atom. The van der Waals surface area contributed by atoms with Crippen LogP contribution in [0.3, 0.4) is 0 Å². The fourth-order valence-electron chi connectivity index (χ4n) is 2.27. The molecule has 1 aromatic carbocycles. The summed E-state index contributed by atoms with van der Waals surface area (Å²) in [4.78, 5) is 10.8. The van der Waals surface area contributed by atoms with E-state index in [9.17, 15) is 17.6 Å². The highest BCUT2D eigenvalue weighted by Crippen LogP contribution is 2.24. The summed E-state index contributed by atoms with van der Waals surface area (Å²) in [5, 5.41) is 8.98. The Labute approximate surface area is 122 Å². The normalized spacial score (nSPS) is 16.6. The molecule has 0 saturated carbocycles. The highest BCUT2D eigenvalue weighted by Gasteiger charge is 2.28. The first-order valence-electron chi connectivity index (χ1n) is 6.42. The summed E-state index contributed by atoms with van der Waals surface area (Å²) in [5.74, 6) is -2.39. The van der Waals surface area contributed by atoms with Gasteiger partial charge in [-0.05, 0) is 38.0 Å². The Bertz CT molecular complexity index is 725. The van der Waals surface area contributed by atoms with Crippen molar-refractivity contribution in [1.82, 2.24) is 4.31 Å². The van der Waals surface area contributed by atoms with Crippen molar-refractivity contribution in [2.24, 2.45) is 0 Å². The van der Waals surface area contributed by atoms with E-state index in [1.807, 2.05) is 13.0 Å². The van der Waals surface area contributed by atoms with E-state index in [-0.39, 0.29) is 17.0 Å². The molecule has 0 aliphatic carbocycles. The number of halogens is 1. The van der Waals surface area contributed by atoms with E-state index in [1.165, 1.54) is 17.3 Å². The number of carboxylic acids is 1. The molecule has 7 heteroatoms. The summed E-state index contributed by atoms with van der Waals surface area (Å²) < 4.78 is 40.1. The topological polar surface area (TPSA) is 74.7 Å². The Morgan fingerprint density at radius 2 is 2.00 bits per heavy atom. The van der Waals surface area contributed by atoms with Gasteiger partial charge in [0.2, 0.25) is 10.0 Å². The lowest BCUT2D eigenvalue weighted by atomic mass is 10.1. The molecule has 0 amide bonds. The van der Waals surface area contributed by atoms with E-state index in [2.05, 4.69) is 0 Å². The van der Waals surface area contributed by atoms with Crippen LogP contribution in [0.4, 0.5) is 4.39 Å². The Kier molecular flexibility index (Phi) is 4.15. The van der Waals surface area contributed by atoms with Crippen molar-refractivity contribution < 1.29 is 22.7 Å². The van der Waals surface area contributed by atoms with Crippen LogP contribution in [0.25, 0.3) is 0 Å². The predicted molar refractivity (Wildman–Crippen MR) is 75.2 cm³/mol. The average Bonchev–Trinajstić information content (AvgIpc) is 2.41. The standard InChI is InChI=1S/C14H16FNO4S/c1-9-4-3-5-16(8-9)21(19,20)11-6-10(2)13(15)12(7-11)14(17)18/h4,6-7H,3,5,8H2,1-2H3,(H,17,18). The zero-order chi connectivity index (χ0) is 15.8. The molecule has 21 heavy (non-hydrogen) atoms. The van der Waals surface area contributed by atoms with Crippen LogP contribution in [0.15, 0.2) is 28.7 Å². The summed E-state index contributed by atoms with van der Waals surface area (Å²) in [5.41, 5.74) is 0.303. The number of sulfonamides is 1. The molecule has 0 spiro atoms. The third-order valence-corrected chi connectivity index (χ3v) is 5.22. The first-order chi connectivity index (χ1) is 9.73. The average molecular weight is 313 g/mol. The third kappa shape index (κ3) is 2.98. The smallest absolute Gasteiger partial charge is 0.338 e. The van der Waals surface area contributed by atoms with Crippen molar-refractivity contribution in [3.05, 3.63) is 40.7 Å². The van der Waals surface area contributed by atoms with Gasteiger partial charge < -0.3 is 5.11 Å². The van der Waals surface area contributed by atoms with Crippen LogP contribution in [0.2, 0.25) is 0 Å². The van der Waals surface area contributed by atoms with Gasteiger partial charge in [0.25, 0.3) is 0 Å². The van der Waals surface area contributed by atoms with Crippen molar-refractivity contribution >= 4 is 16.0 Å². The van der Waals surface area contributed by atoms with Crippen LogP contribution >= 0.6 is 0 Å². The SMILES string of the molecule is CC1=CCCN(S(=O)(=O)c2cc(C)c(F)c(C(=O)O)c2)C1. The van der Waals surface area contributed by atoms with Crippen LogP contribution < -0.4 is 0 Å². The quantitative estimate of drug-likeness (QED) is 0.868. The van der Waals surface area contributed by atoms with Crippen molar-refractivity contribution in [2.75, 3.05) is 13.1 Å². The summed E-state index contributed by atoms with van der Waals surface area (Å²) >= 11 is 0. The number of rotatable bonds is 3. The van der Waals surface area contributed by atoms with Gasteiger partial charge in [0.05, 0.1) is 10.5 Å². The van der Waals surface area contributed by atoms with Crippen LogP contribution in [0.1, 0.15) is 29.3 Å². The van der Waals surface area contributed by atoms with Crippen LogP contribution in [0.5, 0.6) is 0 Å². The molecule has 0 saturated heterocycles. The number of carboxylic acid groups (broad SMARTS) is 1. The predicted octanol–water partition coefficient (Wildman–Crippen LogP) is 2.17. The zero-order valence-corrected chi connectivity index (χ0v) is 12.6. The highest BCUT2D eigenvalue weighted by atomic mass is 32.2. The van der Waals surface area contributed by atoms with Gasteiger partial charge in [-0.1, -0.05) is 11.6 Å². The second-order valence-electron chi connectivity index (χ2n) is 5.08. The van der Waals surface area contributed by atoms with Gasteiger partial charge in [-0.3, -0.25) is 0 Å². The molecule has 2 rings (SSSR count). The molecule has 1 heterocycles. The zero-order valence-electron chi connectivity index (χ0n) is 11.8. The maximum atomic E-state index is 13.7. The molecule has 0 unspecified atom stereocenters. The number of aryl methyl sites for hydroxylation is 1. The lowest BCUT2D eigenvalue weighted by Crippen LogP contribution is -2.35. The molecular weight excluding hydrogens is 297 g/mol. The molecule has 0 aromatic heterocycles. The Balaban J connectivity index is 2.50. The van der Waals surface area contributed by atoms with Crippen molar-refractivity contribution in [1.29, 1.82) is 0 Å². The van der Waals surface area contributed by atoms with E-state index in [1.54, 1.807) is 0 Å². The van der Waals surface area contributed by atoms with Gasteiger partial charge in [0.1, 0.15) is 5.82 Å². The lowest BCUT2D eigenvalue weighted by Gasteiger charge is -2.25. The minimum Gasteiger partial charge on any atom is -0.478 e. The molecule has 0 radical (unpaired) electrons. The number of hydrogen-bond acceptors (Lipinski definition) is 3.